The number of esters is 1. The number of nitrogens with one attached hydrogen (secondary N) is 1. The molecule has 0 atom stereocenters. The number of ether oxygens (including phenoxy) is 5. The number of nitrogens with zero attached hydrogens (tertiary/aromatic N) is 1. The molecule has 0 saturated heterocycles. The average Bonchev–Trinajstić information content (AvgIpc) is 3.33. The smallest absolute Gasteiger partial charge is 0.343 e. The van der Waals surface area contributed by atoms with Crippen LogP contribution in [0, 0.1) is 0 Å². The van der Waals surface area contributed by atoms with Crippen LogP contribution in [0.2, 0.25) is 0 Å². The molecule has 9 nitrogen and oxygen atoms in total. The Morgan fingerprint density at radius 3 is 2.47 bits per heavy atom. The number of benzene rings is 3. The van der Waals surface area contributed by atoms with E-state index in [9.17, 15) is 9.59 Å². The van der Waals surface area contributed by atoms with E-state index in [4.69, 9.17) is 23.7 Å². The van der Waals surface area contributed by atoms with Crippen LogP contribution in [0.25, 0.3) is 0 Å². The maximum absolute atomic E-state index is 12.4. The van der Waals surface area contributed by atoms with Crippen molar-refractivity contribution in [1.29, 1.82) is 0 Å². The van der Waals surface area contributed by atoms with Gasteiger partial charge in [0.15, 0.2) is 29.6 Å². The quantitative estimate of drug-likeness (QED) is 0.224. The predicted octanol–water partition coefficient (Wildman–Crippen LogP) is 3.56. The number of para-hydroxylation sites is 2. The normalized spacial score (nSPS) is 11.8. The fraction of sp³-hybridized carbons (Fsp3) is 0.160. The zero-order chi connectivity index (χ0) is 23.8. The Morgan fingerprint density at radius 2 is 1.71 bits per heavy atom. The Balaban J connectivity index is 1.25. The first-order valence-corrected chi connectivity index (χ1v) is 10.5. The van der Waals surface area contributed by atoms with Gasteiger partial charge in [-0.05, 0) is 67.1 Å². The molecule has 0 unspecified atom stereocenters. The van der Waals surface area contributed by atoms with Gasteiger partial charge < -0.3 is 23.7 Å². The van der Waals surface area contributed by atoms with Gasteiger partial charge in [-0.25, -0.2) is 10.2 Å². The first kappa shape index (κ1) is 22.7. The molecule has 1 N–H and O–H groups in total. The van der Waals surface area contributed by atoms with Crippen molar-refractivity contribution in [2.24, 2.45) is 5.10 Å². The molecule has 0 saturated carbocycles. The second-order valence-electron chi connectivity index (χ2n) is 6.99. The van der Waals surface area contributed by atoms with Crippen molar-refractivity contribution in [3.63, 3.8) is 0 Å². The third-order valence-electron chi connectivity index (χ3n) is 4.61. The molecule has 0 aromatic heterocycles. The number of rotatable bonds is 9. The molecule has 9 heteroatoms. The molecule has 0 aliphatic carbocycles. The van der Waals surface area contributed by atoms with Crippen LogP contribution in [0.4, 0.5) is 0 Å². The molecule has 3 aromatic rings. The van der Waals surface area contributed by atoms with Gasteiger partial charge in [0.25, 0.3) is 5.91 Å². The van der Waals surface area contributed by atoms with Crippen LogP contribution in [0.3, 0.4) is 0 Å². The number of fused-ring (bicyclic) bond motifs is 1. The van der Waals surface area contributed by atoms with E-state index >= 15 is 0 Å². The van der Waals surface area contributed by atoms with Gasteiger partial charge >= 0.3 is 5.97 Å². The molecule has 1 aliphatic rings. The standard InChI is InChI=1S/C25H22N2O7/c1-2-30-20-5-3-4-6-21(20)31-15-24(28)27-26-14-17-7-10-19(11-8-17)34-25(29)18-9-12-22-23(13-18)33-16-32-22/h3-14H,2,15-16H2,1H3,(H,27,28). The monoisotopic (exact) mass is 462 g/mol. The lowest BCUT2D eigenvalue weighted by Crippen LogP contribution is -2.24. The topological polar surface area (TPSA) is 105 Å². The van der Waals surface area contributed by atoms with Crippen LogP contribution in [0.1, 0.15) is 22.8 Å². The van der Waals surface area contributed by atoms with E-state index in [2.05, 4.69) is 10.5 Å². The molecule has 1 heterocycles. The lowest BCUT2D eigenvalue weighted by molar-refractivity contribution is -0.123. The summed E-state index contributed by atoms with van der Waals surface area (Å²) in [6.45, 7) is 2.28. The maximum atomic E-state index is 12.4. The number of hydrazone groups is 1. The van der Waals surface area contributed by atoms with Crippen LogP contribution in [-0.4, -0.2) is 38.1 Å². The summed E-state index contributed by atoms with van der Waals surface area (Å²) in [5.74, 6) is 1.58. The fourth-order valence-corrected chi connectivity index (χ4v) is 3.01. The SMILES string of the molecule is CCOc1ccccc1OCC(=O)NN=Cc1ccc(OC(=O)c2ccc3c(c2)OCO3)cc1. The lowest BCUT2D eigenvalue weighted by atomic mass is 10.2. The first-order chi connectivity index (χ1) is 16.6. The van der Waals surface area contributed by atoms with Gasteiger partial charge in [0, 0.05) is 0 Å². The summed E-state index contributed by atoms with van der Waals surface area (Å²) in [7, 11) is 0. The molecule has 0 fully saturated rings. The molecular weight excluding hydrogens is 440 g/mol. The van der Waals surface area contributed by atoms with E-state index in [-0.39, 0.29) is 13.4 Å². The van der Waals surface area contributed by atoms with Crippen LogP contribution in [-0.2, 0) is 4.79 Å². The van der Waals surface area contributed by atoms with E-state index in [1.165, 1.54) is 6.21 Å². The molecule has 1 aliphatic heterocycles. The largest absolute Gasteiger partial charge is 0.490 e. The minimum absolute atomic E-state index is 0.131. The van der Waals surface area contributed by atoms with Crippen LogP contribution >= 0.6 is 0 Å². The van der Waals surface area contributed by atoms with Crippen molar-refractivity contribution in [2.75, 3.05) is 20.0 Å². The van der Waals surface area contributed by atoms with Gasteiger partial charge in [-0.15, -0.1) is 0 Å². The van der Waals surface area contributed by atoms with Gasteiger partial charge in [-0.3, -0.25) is 4.79 Å². The number of hydrogen-bond acceptors (Lipinski definition) is 8. The summed E-state index contributed by atoms with van der Waals surface area (Å²) in [5, 5.41) is 3.91. The summed E-state index contributed by atoms with van der Waals surface area (Å²) in [6, 6.07) is 18.6. The van der Waals surface area contributed by atoms with Crippen molar-refractivity contribution in [1.82, 2.24) is 5.43 Å². The number of carbonyl (C=O) groups is 2. The minimum atomic E-state index is -0.516. The zero-order valence-electron chi connectivity index (χ0n) is 18.4. The average molecular weight is 462 g/mol. The summed E-state index contributed by atoms with van der Waals surface area (Å²) >= 11 is 0. The summed E-state index contributed by atoms with van der Waals surface area (Å²) < 4.78 is 26.8. The third-order valence-corrected chi connectivity index (χ3v) is 4.61. The number of hydrogen-bond donors (Lipinski definition) is 1. The summed E-state index contributed by atoms with van der Waals surface area (Å²) in [6.07, 6.45) is 1.47. The van der Waals surface area contributed by atoms with Gasteiger partial charge in [-0.1, -0.05) is 12.1 Å². The highest BCUT2D eigenvalue weighted by Crippen LogP contribution is 2.32. The van der Waals surface area contributed by atoms with Crippen molar-refractivity contribution >= 4 is 18.1 Å². The van der Waals surface area contributed by atoms with Crippen molar-refractivity contribution in [2.45, 2.75) is 6.92 Å². The second kappa shape index (κ2) is 10.9. The molecule has 174 valence electrons. The number of carbonyl (C=O) groups excluding carboxylic acids is 2. The Morgan fingerprint density at radius 1 is 0.971 bits per heavy atom. The third kappa shape index (κ3) is 5.83. The van der Waals surface area contributed by atoms with E-state index in [1.807, 2.05) is 13.0 Å². The van der Waals surface area contributed by atoms with Crippen molar-refractivity contribution < 1.29 is 33.3 Å². The molecule has 34 heavy (non-hydrogen) atoms. The van der Waals surface area contributed by atoms with Crippen LogP contribution in [0.15, 0.2) is 71.8 Å². The van der Waals surface area contributed by atoms with Crippen molar-refractivity contribution in [3.05, 3.63) is 77.9 Å². The predicted molar refractivity (Wildman–Crippen MR) is 123 cm³/mol. The fourth-order valence-electron chi connectivity index (χ4n) is 3.01. The highest BCUT2D eigenvalue weighted by molar-refractivity contribution is 5.92. The molecule has 3 aromatic carbocycles. The first-order valence-electron chi connectivity index (χ1n) is 10.5. The highest BCUT2D eigenvalue weighted by Gasteiger charge is 2.17. The molecular formula is C25H22N2O7. The highest BCUT2D eigenvalue weighted by atomic mass is 16.7. The lowest BCUT2D eigenvalue weighted by Gasteiger charge is -2.10. The molecule has 4 rings (SSSR count). The Kier molecular flexibility index (Phi) is 7.24. The van der Waals surface area contributed by atoms with Gasteiger partial charge in [0.05, 0.1) is 18.4 Å². The van der Waals surface area contributed by atoms with Gasteiger partial charge in [-0.2, -0.15) is 5.10 Å². The second-order valence-corrected chi connectivity index (χ2v) is 6.99. The molecule has 0 radical (unpaired) electrons. The zero-order valence-corrected chi connectivity index (χ0v) is 18.4. The van der Waals surface area contributed by atoms with Crippen LogP contribution < -0.4 is 29.1 Å². The molecule has 0 spiro atoms. The summed E-state index contributed by atoms with van der Waals surface area (Å²) in [5.41, 5.74) is 3.45. The van der Waals surface area contributed by atoms with Gasteiger partial charge in [0.2, 0.25) is 6.79 Å². The molecule has 0 bridgehead atoms. The summed E-state index contributed by atoms with van der Waals surface area (Å²) in [4.78, 5) is 24.3. The molecule has 1 amide bonds. The van der Waals surface area contributed by atoms with Crippen molar-refractivity contribution in [3.8, 4) is 28.7 Å². The van der Waals surface area contributed by atoms with Gasteiger partial charge in [0.1, 0.15) is 5.75 Å². The Hall–Kier alpha value is -4.53. The van der Waals surface area contributed by atoms with Crippen LogP contribution in [0.5, 0.6) is 28.7 Å². The van der Waals surface area contributed by atoms with E-state index in [0.717, 1.165) is 0 Å². The Bertz CT molecular complexity index is 1190. The Labute approximate surface area is 195 Å². The van der Waals surface area contributed by atoms with E-state index in [1.54, 1.807) is 60.7 Å². The van der Waals surface area contributed by atoms with E-state index in [0.29, 0.717) is 46.5 Å². The van der Waals surface area contributed by atoms with E-state index < -0.39 is 11.9 Å². The number of amides is 1. The maximum Gasteiger partial charge on any atom is 0.343 e. The minimum Gasteiger partial charge on any atom is -0.490 e.